The van der Waals surface area contributed by atoms with E-state index in [4.69, 9.17) is 5.73 Å². The average Bonchev–Trinajstić information content (AvgIpc) is 2.88. The highest BCUT2D eigenvalue weighted by molar-refractivity contribution is 5.06. The number of nitrogens with two attached hydrogens (primary N) is 1. The van der Waals surface area contributed by atoms with Crippen molar-refractivity contribution in [2.24, 2.45) is 22.5 Å². The fraction of sp³-hybridized carbons (Fsp3) is 0.867. The van der Waals surface area contributed by atoms with E-state index in [2.05, 4.69) is 37.8 Å². The highest BCUT2D eigenvalue weighted by Gasteiger charge is 2.51. The second kappa shape index (κ2) is 5.45. The number of rotatable bonds is 5. The Kier molecular flexibility index (Phi) is 4.21. The first-order chi connectivity index (χ1) is 9.31. The van der Waals surface area contributed by atoms with Gasteiger partial charge in [0.15, 0.2) is 0 Å². The van der Waals surface area contributed by atoms with Crippen molar-refractivity contribution in [2.75, 3.05) is 6.54 Å². The lowest BCUT2D eigenvalue weighted by molar-refractivity contribution is -0.00609. The van der Waals surface area contributed by atoms with E-state index in [0.717, 1.165) is 25.2 Å². The molecule has 1 aromatic rings. The first-order valence-corrected chi connectivity index (χ1v) is 7.55. The molecule has 1 aliphatic rings. The Bertz CT molecular complexity index is 454. The normalized spacial score (nSPS) is 29.2. The van der Waals surface area contributed by atoms with Gasteiger partial charge in [0.25, 0.3) is 0 Å². The summed E-state index contributed by atoms with van der Waals surface area (Å²) >= 11 is 0. The van der Waals surface area contributed by atoms with E-state index in [9.17, 15) is 5.11 Å². The van der Waals surface area contributed by atoms with Gasteiger partial charge in [-0.1, -0.05) is 27.7 Å². The van der Waals surface area contributed by atoms with E-state index >= 15 is 0 Å². The molecule has 0 amide bonds. The van der Waals surface area contributed by atoms with Crippen LogP contribution in [0.2, 0.25) is 0 Å². The number of hydrogen-bond acceptors (Lipinski definition) is 4. The maximum absolute atomic E-state index is 10.7. The van der Waals surface area contributed by atoms with Crippen LogP contribution in [0.15, 0.2) is 6.33 Å². The molecule has 5 heteroatoms. The van der Waals surface area contributed by atoms with Crippen LogP contribution in [-0.4, -0.2) is 32.5 Å². The Hall–Kier alpha value is -0.940. The molecule has 0 aliphatic heterocycles. The van der Waals surface area contributed by atoms with Crippen LogP contribution in [-0.2, 0) is 13.0 Å². The van der Waals surface area contributed by atoms with Crippen LogP contribution in [0.5, 0.6) is 0 Å². The van der Waals surface area contributed by atoms with Gasteiger partial charge in [-0.05, 0) is 24.2 Å². The van der Waals surface area contributed by atoms with Gasteiger partial charge >= 0.3 is 0 Å². The minimum absolute atomic E-state index is 0.0672. The van der Waals surface area contributed by atoms with Crippen LogP contribution >= 0.6 is 0 Å². The van der Waals surface area contributed by atoms with Crippen molar-refractivity contribution in [1.82, 2.24) is 14.8 Å². The van der Waals surface area contributed by atoms with E-state index in [1.165, 1.54) is 0 Å². The molecule has 1 saturated carbocycles. The molecule has 1 aliphatic carbocycles. The Balaban J connectivity index is 2.21. The quantitative estimate of drug-likeness (QED) is 0.859. The summed E-state index contributed by atoms with van der Waals surface area (Å²) in [5, 5.41) is 15.0. The Morgan fingerprint density at radius 1 is 1.45 bits per heavy atom. The lowest BCUT2D eigenvalue weighted by Crippen LogP contribution is -2.44. The van der Waals surface area contributed by atoms with Crippen LogP contribution in [0.4, 0.5) is 0 Å². The molecule has 0 aromatic carbocycles. The summed E-state index contributed by atoms with van der Waals surface area (Å²) in [5.41, 5.74) is 5.70. The largest absolute Gasteiger partial charge is 0.392 e. The third-order valence-corrected chi connectivity index (χ3v) is 4.74. The van der Waals surface area contributed by atoms with Crippen molar-refractivity contribution >= 4 is 0 Å². The van der Waals surface area contributed by atoms with Crippen molar-refractivity contribution in [3.8, 4) is 0 Å². The van der Waals surface area contributed by atoms with Gasteiger partial charge in [0.1, 0.15) is 12.2 Å². The summed E-state index contributed by atoms with van der Waals surface area (Å²) in [7, 11) is 0. The van der Waals surface area contributed by atoms with E-state index < -0.39 is 0 Å². The van der Waals surface area contributed by atoms with Crippen molar-refractivity contribution in [2.45, 2.75) is 59.6 Å². The Morgan fingerprint density at radius 2 is 2.15 bits per heavy atom. The van der Waals surface area contributed by atoms with Gasteiger partial charge in [0.2, 0.25) is 0 Å². The maximum atomic E-state index is 10.7. The Morgan fingerprint density at radius 3 is 2.65 bits per heavy atom. The number of nitrogens with zero attached hydrogens (tertiary/aromatic N) is 3. The average molecular weight is 280 g/mol. The van der Waals surface area contributed by atoms with Gasteiger partial charge in [-0.15, -0.1) is 0 Å². The zero-order valence-corrected chi connectivity index (χ0v) is 13.1. The molecule has 2 atom stereocenters. The molecule has 0 saturated heterocycles. The molecule has 1 fully saturated rings. The molecule has 2 unspecified atom stereocenters. The second-order valence-corrected chi connectivity index (χ2v) is 7.39. The number of aliphatic hydroxyl groups excluding tert-OH is 1. The minimum atomic E-state index is -0.385. The SMILES string of the molecule is CC(C)Cn1ncnc1CC1(CN)CCC(C)(C)C1O. The van der Waals surface area contributed by atoms with Gasteiger partial charge in [-0.3, -0.25) is 0 Å². The van der Waals surface area contributed by atoms with Crippen molar-refractivity contribution in [3.63, 3.8) is 0 Å². The third kappa shape index (κ3) is 2.74. The lowest BCUT2D eigenvalue weighted by Gasteiger charge is -2.35. The smallest absolute Gasteiger partial charge is 0.138 e. The van der Waals surface area contributed by atoms with E-state index in [-0.39, 0.29) is 16.9 Å². The van der Waals surface area contributed by atoms with Crippen molar-refractivity contribution < 1.29 is 5.11 Å². The highest BCUT2D eigenvalue weighted by Crippen LogP contribution is 2.50. The zero-order valence-electron chi connectivity index (χ0n) is 13.1. The molecule has 0 radical (unpaired) electrons. The van der Waals surface area contributed by atoms with Crippen molar-refractivity contribution in [3.05, 3.63) is 12.2 Å². The fourth-order valence-electron chi connectivity index (χ4n) is 3.38. The Labute approximate surface area is 121 Å². The molecular weight excluding hydrogens is 252 g/mol. The van der Waals surface area contributed by atoms with Crippen LogP contribution in [0.25, 0.3) is 0 Å². The van der Waals surface area contributed by atoms with E-state index in [1.807, 2.05) is 4.68 Å². The summed E-state index contributed by atoms with van der Waals surface area (Å²) in [5.74, 6) is 1.47. The number of aromatic nitrogens is 3. The van der Waals surface area contributed by atoms with E-state index in [0.29, 0.717) is 18.9 Å². The third-order valence-electron chi connectivity index (χ3n) is 4.74. The predicted molar refractivity (Wildman–Crippen MR) is 79.1 cm³/mol. The fourth-order valence-corrected chi connectivity index (χ4v) is 3.38. The van der Waals surface area contributed by atoms with Crippen LogP contribution in [0.1, 0.15) is 46.4 Å². The monoisotopic (exact) mass is 280 g/mol. The molecule has 1 heterocycles. The summed E-state index contributed by atoms with van der Waals surface area (Å²) in [6.45, 7) is 9.92. The number of aliphatic hydroxyl groups is 1. The molecule has 20 heavy (non-hydrogen) atoms. The highest BCUT2D eigenvalue weighted by atomic mass is 16.3. The lowest BCUT2D eigenvalue weighted by atomic mass is 9.76. The molecule has 3 N–H and O–H groups in total. The first-order valence-electron chi connectivity index (χ1n) is 7.55. The van der Waals surface area contributed by atoms with Crippen LogP contribution < -0.4 is 5.73 Å². The standard InChI is InChI=1S/C15H28N4O/c1-11(2)8-19-12(17-10-18-19)7-15(9-16)6-5-14(3,4)13(15)20/h10-11,13,20H,5-9,16H2,1-4H3. The molecule has 1 aromatic heterocycles. The van der Waals surface area contributed by atoms with Gasteiger partial charge < -0.3 is 10.8 Å². The second-order valence-electron chi connectivity index (χ2n) is 7.39. The molecule has 0 bridgehead atoms. The summed E-state index contributed by atoms with van der Waals surface area (Å²) < 4.78 is 1.96. The van der Waals surface area contributed by atoms with E-state index in [1.54, 1.807) is 6.33 Å². The first kappa shape index (κ1) is 15.4. The maximum Gasteiger partial charge on any atom is 0.138 e. The van der Waals surface area contributed by atoms with Crippen molar-refractivity contribution in [1.29, 1.82) is 0 Å². The molecule has 0 spiro atoms. The number of hydrogen-bond donors (Lipinski definition) is 2. The van der Waals surface area contributed by atoms with Gasteiger partial charge in [0, 0.05) is 24.9 Å². The van der Waals surface area contributed by atoms with Gasteiger partial charge in [-0.25, -0.2) is 9.67 Å². The van der Waals surface area contributed by atoms with Crippen LogP contribution in [0.3, 0.4) is 0 Å². The van der Waals surface area contributed by atoms with Gasteiger partial charge in [-0.2, -0.15) is 5.10 Å². The molecular formula is C15H28N4O. The molecule has 2 rings (SSSR count). The molecule has 5 nitrogen and oxygen atoms in total. The van der Waals surface area contributed by atoms with Crippen LogP contribution in [0, 0.1) is 16.7 Å². The molecule has 114 valence electrons. The minimum Gasteiger partial charge on any atom is -0.392 e. The summed E-state index contributed by atoms with van der Waals surface area (Å²) in [4.78, 5) is 4.39. The zero-order chi connectivity index (χ0) is 15.0. The summed E-state index contributed by atoms with van der Waals surface area (Å²) in [6, 6.07) is 0. The van der Waals surface area contributed by atoms with Gasteiger partial charge in [0.05, 0.1) is 6.10 Å². The summed E-state index contributed by atoms with van der Waals surface area (Å²) in [6.07, 6.45) is 3.88. The topological polar surface area (TPSA) is 77.0 Å². The predicted octanol–water partition coefficient (Wildman–Crippen LogP) is 1.60.